The Morgan fingerprint density at radius 2 is 1.79 bits per heavy atom. The molecule has 0 aliphatic carbocycles. The Hall–Kier alpha value is -3.00. The van der Waals surface area contributed by atoms with Gasteiger partial charge in [-0.25, -0.2) is 4.79 Å². The molecule has 2 N–H and O–H groups in total. The monoisotopic (exact) mass is 399 g/mol. The van der Waals surface area contributed by atoms with E-state index in [1.165, 1.54) is 0 Å². The summed E-state index contributed by atoms with van der Waals surface area (Å²) in [4.78, 5) is 37.7. The number of urea groups is 1. The van der Waals surface area contributed by atoms with Crippen molar-refractivity contribution in [3.63, 3.8) is 0 Å². The number of carbonyl (C=O) groups is 3. The Morgan fingerprint density at radius 3 is 2.36 bits per heavy atom. The molecule has 3 rings (SSSR count). The molecule has 0 spiro atoms. The van der Waals surface area contributed by atoms with Gasteiger partial charge in [0.2, 0.25) is 0 Å². The van der Waals surface area contributed by atoms with E-state index in [1.54, 1.807) is 62.2 Å². The van der Waals surface area contributed by atoms with Crippen LogP contribution in [-0.2, 0) is 16.1 Å². The number of methoxy groups -OCH3 is 1. The standard InChI is InChI=1S/C20H21N3O4S/c1-20(15-8-10-16(27-2)11-9-15)18(25)23(19(26)21-20)22-17(24)14-6-4-13(5-7-14)12-28-3/h4-11H,12H2,1-3H3,(H,21,26)(H,22,24). The predicted molar refractivity (Wildman–Crippen MR) is 107 cm³/mol. The highest BCUT2D eigenvalue weighted by Crippen LogP contribution is 2.29. The minimum absolute atomic E-state index is 0.364. The van der Waals surface area contributed by atoms with Crippen molar-refractivity contribution in [1.82, 2.24) is 15.8 Å². The third-order valence-corrected chi connectivity index (χ3v) is 5.22. The van der Waals surface area contributed by atoms with Gasteiger partial charge in [-0.05, 0) is 48.6 Å². The van der Waals surface area contributed by atoms with E-state index in [-0.39, 0.29) is 0 Å². The van der Waals surface area contributed by atoms with Crippen LogP contribution in [0.4, 0.5) is 4.79 Å². The van der Waals surface area contributed by atoms with Crippen LogP contribution in [0.1, 0.15) is 28.4 Å². The SMILES string of the molecule is COc1ccc(C2(C)NC(=O)N(NC(=O)c3ccc(CSC)cc3)C2=O)cc1. The van der Waals surface area contributed by atoms with E-state index in [2.05, 4.69) is 10.7 Å². The molecule has 2 aromatic rings. The number of carbonyl (C=O) groups excluding carboxylic acids is 3. The molecule has 1 fully saturated rings. The van der Waals surface area contributed by atoms with Crippen LogP contribution in [0.5, 0.6) is 5.75 Å². The van der Waals surface area contributed by atoms with E-state index in [1.807, 2.05) is 18.4 Å². The first-order valence-corrected chi connectivity index (χ1v) is 9.98. The number of hydrogen-bond donors (Lipinski definition) is 2. The summed E-state index contributed by atoms with van der Waals surface area (Å²) in [5, 5.41) is 3.37. The minimum Gasteiger partial charge on any atom is -0.497 e. The van der Waals surface area contributed by atoms with Gasteiger partial charge in [-0.1, -0.05) is 24.3 Å². The molecule has 1 heterocycles. The molecular formula is C20H21N3O4S. The van der Waals surface area contributed by atoms with Crippen molar-refractivity contribution in [2.75, 3.05) is 13.4 Å². The van der Waals surface area contributed by atoms with Gasteiger partial charge >= 0.3 is 6.03 Å². The third-order valence-electron chi connectivity index (χ3n) is 4.60. The second-order valence-corrected chi connectivity index (χ2v) is 7.36. The van der Waals surface area contributed by atoms with E-state index in [4.69, 9.17) is 4.74 Å². The van der Waals surface area contributed by atoms with Gasteiger partial charge < -0.3 is 10.1 Å². The van der Waals surface area contributed by atoms with Crippen molar-refractivity contribution in [2.45, 2.75) is 18.2 Å². The molecule has 2 aromatic carbocycles. The fourth-order valence-electron chi connectivity index (χ4n) is 2.95. The van der Waals surface area contributed by atoms with Crippen LogP contribution in [0.2, 0.25) is 0 Å². The fourth-order valence-corrected chi connectivity index (χ4v) is 3.47. The van der Waals surface area contributed by atoms with Crippen molar-refractivity contribution in [2.24, 2.45) is 0 Å². The molecule has 1 unspecified atom stereocenters. The number of nitrogens with one attached hydrogen (secondary N) is 2. The number of amides is 4. The summed E-state index contributed by atoms with van der Waals surface area (Å²) in [5.41, 5.74) is 3.16. The maximum absolute atomic E-state index is 12.9. The Balaban J connectivity index is 1.76. The maximum atomic E-state index is 12.9. The molecule has 4 amide bonds. The van der Waals surface area contributed by atoms with E-state index in [9.17, 15) is 14.4 Å². The van der Waals surface area contributed by atoms with Gasteiger partial charge in [0.05, 0.1) is 7.11 Å². The second-order valence-electron chi connectivity index (χ2n) is 6.50. The molecular weight excluding hydrogens is 378 g/mol. The van der Waals surface area contributed by atoms with Gasteiger partial charge in [-0.3, -0.25) is 15.0 Å². The van der Waals surface area contributed by atoms with Gasteiger partial charge in [-0.2, -0.15) is 16.8 Å². The van der Waals surface area contributed by atoms with Gasteiger partial charge in [-0.15, -0.1) is 0 Å². The highest BCUT2D eigenvalue weighted by Gasteiger charge is 2.50. The van der Waals surface area contributed by atoms with Crippen LogP contribution in [-0.4, -0.2) is 36.2 Å². The lowest BCUT2D eigenvalue weighted by Gasteiger charge is -2.22. The van der Waals surface area contributed by atoms with Crippen LogP contribution in [0.25, 0.3) is 0 Å². The van der Waals surface area contributed by atoms with E-state index < -0.39 is 23.4 Å². The zero-order valence-electron chi connectivity index (χ0n) is 15.8. The Morgan fingerprint density at radius 1 is 1.14 bits per heavy atom. The van der Waals surface area contributed by atoms with Gasteiger partial charge in [0, 0.05) is 11.3 Å². The molecule has 7 nitrogen and oxygen atoms in total. The lowest BCUT2D eigenvalue weighted by atomic mass is 9.92. The number of imide groups is 1. The van der Waals surface area contributed by atoms with Gasteiger partial charge in [0.15, 0.2) is 0 Å². The molecule has 28 heavy (non-hydrogen) atoms. The second kappa shape index (κ2) is 7.93. The average Bonchev–Trinajstić information content (AvgIpc) is 2.93. The number of hydrazine groups is 1. The molecule has 1 aliphatic rings. The van der Waals surface area contributed by atoms with E-state index in [0.717, 1.165) is 16.3 Å². The number of nitrogens with zero attached hydrogens (tertiary/aromatic N) is 1. The van der Waals surface area contributed by atoms with Gasteiger partial charge in [0.1, 0.15) is 11.3 Å². The highest BCUT2D eigenvalue weighted by molar-refractivity contribution is 7.97. The summed E-state index contributed by atoms with van der Waals surface area (Å²) < 4.78 is 5.12. The van der Waals surface area contributed by atoms with Crippen molar-refractivity contribution >= 4 is 29.6 Å². The molecule has 146 valence electrons. The summed E-state index contributed by atoms with van der Waals surface area (Å²) >= 11 is 1.68. The first kappa shape index (κ1) is 19.8. The summed E-state index contributed by atoms with van der Waals surface area (Å²) in [6, 6.07) is 13.2. The number of rotatable bonds is 6. The normalized spacial score (nSPS) is 18.8. The summed E-state index contributed by atoms with van der Waals surface area (Å²) in [5.74, 6) is 0.391. The molecule has 0 aromatic heterocycles. The van der Waals surface area contributed by atoms with Crippen molar-refractivity contribution in [3.8, 4) is 5.75 Å². The lowest BCUT2D eigenvalue weighted by Crippen LogP contribution is -2.47. The predicted octanol–water partition coefficient (Wildman–Crippen LogP) is 2.67. The number of thioether (sulfide) groups is 1. The largest absolute Gasteiger partial charge is 0.497 e. The molecule has 0 saturated carbocycles. The third kappa shape index (κ3) is 3.68. The molecule has 1 aliphatic heterocycles. The molecule has 0 bridgehead atoms. The Bertz CT molecular complexity index is 899. The minimum atomic E-state index is -1.28. The smallest absolute Gasteiger partial charge is 0.344 e. The molecule has 8 heteroatoms. The number of benzene rings is 2. The zero-order chi connectivity index (χ0) is 20.3. The molecule has 1 saturated heterocycles. The lowest BCUT2D eigenvalue weighted by molar-refractivity contribution is -0.132. The van der Waals surface area contributed by atoms with E-state index >= 15 is 0 Å². The van der Waals surface area contributed by atoms with Crippen LogP contribution in [0.15, 0.2) is 48.5 Å². The summed E-state index contributed by atoms with van der Waals surface area (Å²) in [6.45, 7) is 1.60. The maximum Gasteiger partial charge on any atom is 0.344 e. The zero-order valence-corrected chi connectivity index (χ0v) is 16.6. The molecule has 0 radical (unpaired) electrons. The quantitative estimate of drug-likeness (QED) is 0.729. The first-order valence-electron chi connectivity index (χ1n) is 8.59. The van der Waals surface area contributed by atoms with Crippen molar-refractivity contribution in [1.29, 1.82) is 0 Å². The number of hydrogen-bond acceptors (Lipinski definition) is 5. The van der Waals surface area contributed by atoms with E-state index in [0.29, 0.717) is 16.9 Å². The Kier molecular flexibility index (Phi) is 5.60. The van der Waals surface area contributed by atoms with Crippen LogP contribution >= 0.6 is 11.8 Å². The van der Waals surface area contributed by atoms with Crippen LogP contribution < -0.4 is 15.5 Å². The van der Waals surface area contributed by atoms with Crippen molar-refractivity contribution in [3.05, 3.63) is 65.2 Å². The van der Waals surface area contributed by atoms with Crippen LogP contribution in [0, 0.1) is 0 Å². The fraction of sp³-hybridized carbons (Fsp3) is 0.250. The Labute approximate surface area is 167 Å². The highest BCUT2D eigenvalue weighted by atomic mass is 32.2. The van der Waals surface area contributed by atoms with Crippen molar-refractivity contribution < 1.29 is 19.1 Å². The number of ether oxygens (including phenoxy) is 1. The summed E-state index contributed by atoms with van der Waals surface area (Å²) in [7, 11) is 1.55. The average molecular weight is 399 g/mol. The molecule has 1 atom stereocenters. The first-order chi connectivity index (χ1) is 13.4. The summed E-state index contributed by atoms with van der Waals surface area (Å²) in [6.07, 6.45) is 2.00. The van der Waals surface area contributed by atoms with Crippen LogP contribution in [0.3, 0.4) is 0 Å². The topological polar surface area (TPSA) is 87.7 Å². The van der Waals surface area contributed by atoms with Gasteiger partial charge in [0.25, 0.3) is 11.8 Å².